The largest absolute Gasteiger partial charge is 0.410 e. The second-order valence-electron chi connectivity index (χ2n) is 8.24. The summed E-state index contributed by atoms with van der Waals surface area (Å²) in [6.45, 7) is 0.817. The molecule has 5 nitrogen and oxygen atoms in total. The van der Waals surface area contributed by atoms with Crippen molar-refractivity contribution >= 4 is 39.3 Å². The van der Waals surface area contributed by atoms with Gasteiger partial charge in [-0.15, -0.1) is 0 Å². The van der Waals surface area contributed by atoms with E-state index in [1.54, 1.807) is 29.2 Å². The maximum absolute atomic E-state index is 14.0. The smallest absolute Gasteiger partial charge is 0.362 e. The molecule has 0 saturated carbocycles. The molecule has 0 unspecified atom stereocenters. The maximum atomic E-state index is 14.0. The third kappa shape index (κ3) is 4.12. The van der Waals surface area contributed by atoms with Crippen molar-refractivity contribution in [1.82, 2.24) is 14.7 Å². The van der Waals surface area contributed by atoms with Gasteiger partial charge in [0.25, 0.3) is 5.91 Å². The monoisotopic (exact) mass is 538 g/mol. The molecule has 5 rings (SSSR count). The Hall–Kier alpha value is -2.52. The minimum absolute atomic E-state index is 0.0129. The first-order valence-corrected chi connectivity index (χ1v) is 11.6. The molecule has 1 aromatic heterocycles. The zero-order valence-electron chi connectivity index (χ0n) is 17.2. The number of aromatic nitrogens is 2. The molecule has 0 spiro atoms. The number of hydrogen-bond acceptors (Lipinski definition) is 3. The van der Waals surface area contributed by atoms with Crippen LogP contribution in [0.1, 0.15) is 45.7 Å². The summed E-state index contributed by atoms with van der Waals surface area (Å²) in [7, 11) is 0. The highest BCUT2D eigenvalue weighted by molar-refractivity contribution is 9.10. The molecule has 0 saturated heterocycles. The van der Waals surface area contributed by atoms with E-state index in [-0.39, 0.29) is 23.0 Å². The first-order valence-electron chi connectivity index (χ1n) is 10.4. The van der Waals surface area contributed by atoms with Gasteiger partial charge in [0, 0.05) is 24.0 Å². The fourth-order valence-corrected chi connectivity index (χ4v) is 4.98. The van der Waals surface area contributed by atoms with Gasteiger partial charge in [-0.1, -0.05) is 63.9 Å². The summed E-state index contributed by atoms with van der Waals surface area (Å²) in [4.78, 5) is 14.8. The van der Waals surface area contributed by atoms with E-state index in [1.165, 1.54) is 0 Å². The van der Waals surface area contributed by atoms with Crippen LogP contribution in [0.25, 0.3) is 0 Å². The van der Waals surface area contributed by atoms with E-state index in [1.807, 2.05) is 24.3 Å². The third-order valence-electron chi connectivity index (χ3n) is 6.19. The highest BCUT2D eigenvalue weighted by atomic mass is 79.9. The molecule has 33 heavy (non-hydrogen) atoms. The van der Waals surface area contributed by atoms with Crippen molar-refractivity contribution in [2.75, 3.05) is 11.9 Å². The van der Waals surface area contributed by atoms with E-state index in [0.29, 0.717) is 25.1 Å². The Morgan fingerprint density at radius 2 is 1.82 bits per heavy atom. The van der Waals surface area contributed by atoms with Crippen LogP contribution in [0.4, 0.5) is 19.0 Å². The molecule has 1 amide bonds. The molecule has 3 aromatic rings. The zero-order chi connectivity index (χ0) is 23.3. The summed E-state index contributed by atoms with van der Waals surface area (Å²) in [5.41, 5.74) is 2.70. The highest BCUT2D eigenvalue weighted by Gasteiger charge is 2.48. The lowest BCUT2D eigenvalue weighted by atomic mass is 9.97. The van der Waals surface area contributed by atoms with Crippen LogP contribution in [0.5, 0.6) is 0 Å². The Labute approximate surface area is 201 Å². The molecule has 172 valence electrons. The zero-order valence-corrected chi connectivity index (χ0v) is 19.6. The topological polar surface area (TPSA) is 50.2 Å². The van der Waals surface area contributed by atoms with Gasteiger partial charge in [-0.25, -0.2) is 4.68 Å². The van der Waals surface area contributed by atoms with Crippen LogP contribution in [-0.4, -0.2) is 33.3 Å². The normalized spacial score (nSPS) is 20.1. The number of halogens is 5. The fourth-order valence-electron chi connectivity index (χ4n) is 4.46. The lowest BCUT2D eigenvalue weighted by Crippen LogP contribution is -2.37. The number of hydrogen-bond donors (Lipinski definition) is 1. The molecule has 2 aliphatic heterocycles. The number of fused-ring (bicyclic) bond motifs is 2. The number of carbonyl (C=O) groups is 1. The molecule has 3 heterocycles. The number of anilines is 1. The molecule has 0 fully saturated rings. The number of carbonyl (C=O) groups excluding carboxylic acids is 1. The second kappa shape index (κ2) is 8.36. The van der Waals surface area contributed by atoms with E-state index >= 15 is 0 Å². The number of rotatable bonds is 2. The molecule has 1 N–H and O–H groups in total. The van der Waals surface area contributed by atoms with Crippen LogP contribution in [0.15, 0.2) is 53.0 Å². The summed E-state index contributed by atoms with van der Waals surface area (Å²) in [5, 5.41) is 7.07. The van der Waals surface area contributed by atoms with Crippen LogP contribution >= 0.6 is 27.5 Å². The van der Waals surface area contributed by atoms with Gasteiger partial charge in [-0.2, -0.15) is 18.3 Å². The molecule has 2 atom stereocenters. The Balaban J connectivity index is 1.49. The van der Waals surface area contributed by atoms with E-state index in [9.17, 15) is 18.0 Å². The van der Waals surface area contributed by atoms with Gasteiger partial charge in [-0.05, 0) is 35.2 Å². The predicted octanol–water partition coefficient (Wildman–Crippen LogP) is 6.16. The van der Waals surface area contributed by atoms with Gasteiger partial charge in [0.15, 0.2) is 11.7 Å². The molecular weight excluding hydrogens is 521 g/mol. The number of nitrogens with one attached hydrogen (secondary N) is 1. The van der Waals surface area contributed by atoms with Gasteiger partial charge in [0.2, 0.25) is 0 Å². The fraction of sp³-hybridized carbons (Fsp3) is 0.304. The van der Waals surface area contributed by atoms with Crippen molar-refractivity contribution in [1.29, 1.82) is 0 Å². The summed E-state index contributed by atoms with van der Waals surface area (Å²) in [6.07, 6.45) is -4.15. The lowest BCUT2D eigenvalue weighted by Gasteiger charge is -2.33. The minimum atomic E-state index is -4.55. The van der Waals surface area contributed by atoms with Crippen LogP contribution in [0, 0.1) is 0 Å². The van der Waals surface area contributed by atoms with Crippen molar-refractivity contribution in [3.63, 3.8) is 0 Å². The number of nitrogens with zero attached hydrogens (tertiary/aromatic N) is 3. The molecular formula is C23H19BrClF3N4O. The average molecular weight is 540 g/mol. The third-order valence-corrected chi connectivity index (χ3v) is 7.08. The van der Waals surface area contributed by atoms with Crippen LogP contribution in [0.3, 0.4) is 0 Å². The molecule has 0 aliphatic carbocycles. The quantitative estimate of drug-likeness (QED) is 0.425. The standard InChI is InChI=1S/C23H19BrClF3N4O/c24-16-7-5-14(6-8-16)17-11-18(23(26,27)28)32-21(29-17)19(25)20(30-32)22(33)31-10-9-13-3-1-2-4-15(13)12-31/h1-8,17-18,29H,9-12H2/t17-,18+/m0/s1. The number of alkyl halides is 3. The molecule has 2 aliphatic rings. The highest BCUT2D eigenvalue weighted by Crippen LogP contribution is 2.46. The molecule has 2 aromatic carbocycles. The van der Waals surface area contributed by atoms with Crippen LogP contribution in [0.2, 0.25) is 5.02 Å². The van der Waals surface area contributed by atoms with E-state index in [4.69, 9.17) is 11.6 Å². The molecule has 10 heteroatoms. The lowest BCUT2D eigenvalue weighted by molar-refractivity contribution is -0.173. The Morgan fingerprint density at radius 3 is 2.52 bits per heavy atom. The molecule has 0 radical (unpaired) electrons. The first kappa shape index (κ1) is 22.3. The average Bonchev–Trinajstić information content (AvgIpc) is 3.14. The van der Waals surface area contributed by atoms with Crippen molar-refractivity contribution in [3.05, 3.63) is 80.4 Å². The SMILES string of the molecule is O=C(c1nn2c(c1Cl)N[C@H](c1ccc(Br)cc1)C[C@@H]2C(F)(F)F)N1CCc2ccccc2C1. The first-order chi connectivity index (χ1) is 15.7. The van der Waals surface area contributed by atoms with Crippen molar-refractivity contribution in [2.45, 2.75) is 37.6 Å². The van der Waals surface area contributed by atoms with Crippen LogP contribution in [-0.2, 0) is 13.0 Å². The van der Waals surface area contributed by atoms with Gasteiger partial charge in [-0.3, -0.25) is 4.79 Å². The van der Waals surface area contributed by atoms with E-state index < -0.39 is 24.2 Å². The van der Waals surface area contributed by atoms with Gasteiger partial charge in [0.05, 0.1) is 6.04 Å². The van der Waals surface area contributed by atoms with E-state index in [0.717, 1.165) is 20.3 Å². The molecule has 0 bridgehead atoms. The number of amides is 1. The Kier molecular flexibility index (Phi) is 5.64. The Morgan fingerprint density at radius 1 is 1.12 bits per heavy atom. The summed E-state index contributed by atoms with van der Waals surface area (Å²) in [6, 6.07) is 12.3. The maximum Gasteiger partial charge on any atom is 0.410 e. The number of benzene rings is 2. The van der Waals surface area contributed by atoms with E-state index in [2.05, 4.69) is 26.3 Å². The summed E-state index contributed by atoms with van der Waals surface area (Å²) in [5.74, 6) is -0.460. The Bertz CT molecular complexity index is 1210. The van der Waals surface area contributed by atoms with Crippen molar-refractivity contribution in [2.24, 2.45) is 0 Å². The van der Waals surface area contributed by atoms with Crippen molar-refractivity contribution in [3.8, 4) is 0 Å². The van der Waals surface area contributed by atoms with Crippen LogP contribution < -0.4 is 5.32 Å². The second-order valence-corrected chi connectivity index (χ2v) is 9.54. The predicted molar refractivity (Wildman–Crippen MR) is 122 cm³/mol. The summed E-state index contributed by atoms with van der Waals surface area (Å²) >= 11 is 9.82. The van der Waals surface area contributed by atoms with Gasteiger partial charge in [0.1, 0.15) is 10.8 Å². The van der Waals surface area contributed by atoms with Gasteiger partial charge >= 0.3 is 6.18 Å². The van der Waals surface area contributed by atoms with Gasteiger partial charge < -0.3 is 10.2 Å². The van der Waals surface area contributed by atoms with Crippen molar-refractivity contribution < 1.29 is 18.0 Å². The minimum Gasteiger partial charge on any atom is -0.362 e. The summed E-state index contributed by atoms with van der Waals surface area (Å²) < 4.78 is 43.7.